The van der Waals surface area contributed by atoms with E-state index in [-0.39, 0.29) is 0 Å². The van der Waals surface area contributed by atoms with Gasteiger partial charge in [-0.05, 0) is 24.3 Å². The fraction of sp³-hybridized carbons (Fsp3) is 0. The zero-order valence-electron chi connectivity index (χ0n) is 9.54. The number of H-pyrrole nitrogens is 1. The average molecular weight is 234 g/mol. The SMILES string of the molecule is c1ccn2ccc(-c3cc4nccnc4[nH]3)c2c1. The van der Waals surface area contributed by atoms with Gasteiger partial charge in [0.25, 0.3) is 0 Å². The molecular weight excluding hydrogens is 224 g/mol. The Bertz CT molecular complexity index is 808. The highest BCUT2D eigenvalue weighted by Crippen LogP contribution is 2.26. The van der Waals surface area contributed by atoms with Crippen molar-refractivity contribution < 1.29 is 0 Å². The maximum atomic E-state index is 4.29. The lowest BCUT2D eigenvalue weighted by Crippen LogP contribution is -1.80. The second-order valence-electron chi connectivity index (χ2n) is 4.20. The van der Waals surface area contributed by atoms with Gasteiger partial charge in [0, 0.05) is 30.4 Å². The Morgan fingerprint density at radius 1 is 1.00 bits per heavy atom. The maximum absolute atomic E-state index is 4.29. The molecule has 0 atom stereocenters. The minimum Gasteiger partial charge on any atom is -0.338 e. The van der Waals surface area contributed by atoms with Crippen LogP contribution in [-0.4, -0.2) is 19.4 Å². The molecule has 4 aromatic rings. The largest absolute Gasteiger partial charge is 0.338 e. The molecule has 4 heteroatoms. The van der Waals surface area contributed by atoms with E-state index < -0.39 is 0 Å². The molecule has 0 saturated heterocycles. The summed E-state index contributed by atoms with van der Waals surface area (Å²) in [6.45, 7) is 0. The molecule has 0 saturated carbocycles. The molecule has 0 aliphatic carbocycles. The number of aromatic nitrogens is 4. The first-order chi connectivity index (χ1) is 8.92. The summed E-state index contributed by atoms with van der Waals surface area (Å²) >= 11 is 0. The molecule has 0 spiro atoms. The molecule has 4 aromatic heterocycles. The van der Waals surface area contributed by atoms with Gasteiger partial charge in [0.05, 0.1) is 11.2 Å². The zero-order valence-corrected chi connectivity index (χ0v) is 9.54. The van der Waals surface area contributed by atoms with Gasteiger partial charge in [-0.15, -0.1) is 0 Å². The molecule has 0 fully saturated rings. The Morgan fingerprint density at radius 3 is 2.89 bits per heavy atom. The molecule has 4 rings (SSSR count). The Hall–Kier alpha value is -2.62. The summed E-state index contributed by atoms with van der Waals surface area (Å²) in [5, 5.41) is 0. The maximum Gasteiger partial charge on any atom is 0.156 e. The van der Waals surface area contributed by atoms with Crippen LogP contribution in [0.3, 0.4) is 0 Å². The van der Waals surface area contributed by atoms with Crippen LogP contribution in [0.2, 0.25) is 0 Å². The highest BCUT2D eigenvalue weighted by molar-refractivity contribution is 5.86. The lowest BCUT2D eigenvalue weighted by molar-refractivity contribution is 1.20. The van der Waals surface area contributed by atoms with Gasteiger partial charge < -0.3 is 9.38 Å². The van der Waals surface area contributed by atoms with Gasteiger partial charge in [-0.3, -0.25) is 4.98 Å². The van der Waals surface area contributed by atoms with Crippen LogP contribution in [0.25, 0.3) is 27.9 Å². The zero-order chi connectivity index (χ0) is 11.9. The van der Waals surface area contributed by atoms with E-state index in [1.54, 1.807) is 12.4 Å². The fourth-order valence-electron chi connectivity index (χ4n) is 2.28. The standard InChI is InChI=1S/C14H10N4/c1-2-7-18-8-4-10(13(18)3-1)11-9-12-14(17-11)16-6-5-15-12/h1-9H,(H,16,17). The van der Waals surface area contributed by atoms with Gasteiger partial charge in [-0.1, -0.05) is 6.07 Å². The topological polar surface area (TPSA) is 46.0 Å². The first-order valence-electron chi connectivity index (χ1n) is 5.77. The molecule has 0 bridgehead atoms. The van der Waals surface area contributed by atoms with Crippen molar-refractivity contribution in [1.82, 2.24) is 19.4 Å². The molecule has 0 unspecified atom stereocenters. The smallest absolute Gasteiger partial charge is 0.156 e. The van der Waals surface area contributed by atoms with Crippen molar-refractivity contribution in [2.24, 2.45) is 0 Å². The van der Waals surface area contributed by atoms with Gasteiger partial charge in [0.15, 0.2) is 5.65 Å². The predicted molar refractivity (Wildman–Crippen MR) is 70.3 cm³/mol. The van der Waals surface area contributed by atoms with Gasteiger partial charge in [0.2, 0.25) is 0 Å². The van der Waals surface area contributed by atoms with Crippen molar-refractivity contribution in [3.05, 3.63) is 55.1 Å². The molecule has 4 nitrogen and oxygen atoms in total. The Kier molecular flexibility index (Phi) is 1.80. The molecule has 0 aromatic carbocycles. The summed E-state index contributed by atoms with van der Waals surface area (Å²) in [6.07, 6.45) is 7.49. The lowest BCUT2D eigenvalue weighted by Gasteiger charge is -1.96. The number of nitrogens with zero attached hydrogens (tertiary/aromatic N) is 3. The van der Waals surface area contributed by atoms with Crippen LogP contribution in [0.5, 0.6) is 0 Å². The minimum absolute atomic E-state index is 0.822. The lowest BCUT2D eigenvalue weighted by atomic mass is 10.2. The van der Waals surface area contributed by atoms with Crippen LogP contribution in [0.4, 0.5) is 0 Å². The quantitative estimate of drug-likeness (QED) is 0.550. The third kappa shape index (κ3) is 1.26. The van der Waals surface area contributed by atoms with Crippen LogP contribution >= 0.6 is 0 Å². The summed E-state index contributed by atoms with van der Waals surface area (Å²) in [5.41, 5.74) is 5.09. The summed E-state index contributed by atoms with van der Waals surface area (Å²) in [4.78, 5) is 11.9. The molecule has 4 heterocycles. The molecule has 0 amide bonds. The van der Waals surface area contributed by atoms with Crippen molar-refractivity contribution >= 4 is 16.7 Å². The highest BCUT2D eigenvalue weighted by Gasteiger charge is 2.08. The number of nitrogens with one attached hydrogen (secondary N) is 1. The van der Waals surface area contributed by atoms with Crippen molar-refractivity contribution in [1.29, 1.82) is 0 Å². The number of aromatic amines is 1. The number of pyridine rings is 1. The van der Waals surface area contributed by atoms with Crippen molar-refractivity contribution in [2.45, 2.75) is 0 Å². The third-order valence-corrected chi connectivity index (χ3v) is 3.12. The van der Waals surface area contributed by atoms with Crippen LogP contribution in [0, 0.1) is 0 Å². The molecule has 18 heavy (non-hydrogen) atoms. The van der Waals surface area contributed by atoms with Crippen molar-refractivity contribution in [3.8, 4) is 11.3 Å². The van der Waals surface area contributed by atoms with E-state index in [9.17, 15) is 0 Å². The Morgan fingerprint density at radius 2 is 1.94 bits per heavy atom. The van der Waals surface area contributed by atoms with E-state index in [4.69, 9.17) is 0 Å². The fourth-order valence-corrected chi connectivity index (χ4v) is 2.28. The van der Waals surface area contributed by atoms with E-state index in [2.05, 4.69) is 37.7 Å². The number of rotatable bonds is 1. The van der Waals surface area contributed by atoms with Crippen LogP contribution in [0.1, 0.15) is 0 Å². The van der Waals surface area contributed by atoms with Crippen molar-refractivity contribution in [3.63, 3.8) is 0 Å². The van der Waals surface area contributed by atoms with Gasteiger partial charge >= 0.3 is 0 Å². The first-order valence-corrected chi connectivity index (χ1v) is 5.77. The minimum atomic E-state index is 0.822. The normalized spacial score (nSPS) is 11.3. The van der Waals surface area contributed by atoms with Crippen LogP contribution in [-0.2, 0) is 0 Å². The van der Waals surface area contributed by atoms with E-state index in [1.807, 2.05) is 24.4 Å². The number of hydrogen-bond donors (Lipinski definition) is 1. The summed E-state index contributed by atoms with van der Waals surface area (Å²) in [5.74, 6) is 0. The average Bonchev–Trinajstić information content (AvgIpc) is 3.02. The molecule has 1 N–H and O–H groups in total. The van der Waals surface area contributed by atoms with Crippen LogP contribution in [0.15, 0.2) is 55.1 Å². The predicted octanol–water partition coefficient (Wildman–Crippen LogP) is 2.88. The number of hydrogen-bond acceptors (Lipinski definition) is 2. The van der Waals surface area contributed by atoms with Gasteiger partial charge in [-0.2, -0.15) is 0 Å². The second kappa shape index (κ2) is 3.43. The molecule has 0 aliphatic heterocycles. The summed E-state index contributed by atoms with van der Waals surface area (Å²) < 4.78 is 2.10. The Labute approximate surface area is 103 Å². The molecule has 86 valence electrons. The van der Waals surface area contributed by atoms with E-state index in [0.717, 1.165) is 22.4 Å². The van der Waals surface area contributed by atoms with E-state index in [0.29, 0.717) is 0 Å². The second-order valence-corrected chi connectivity index (χ2v) is 4.20. The number of fused-ring (bicyclic) bond motifs is 2. The third-order valence-electron chi connectivity index (χ3n) is 3.12. The monoisotopic (exact) mass is 234 g/mol. The van der Waals surface area contributed by atoms with E-state index in [1.165, 1.54) is 5.52 Å². The molecule has 0 aliphatic rings. The van der Waals surface area contributed by atoms with Gasteiger partial charge in [-0.25, -0.2) is 4.98 Å². The van der Waals surface area contributed by atoms with E-state index >= 15 is 0 Å². The Balaban J connectivity index is 2.01. The van der Waals surface area contributed by atoms with Crippen LogP contribution < -0.4 is 0 Å². The summed E-state index contributed by atoms with van der Waals surface area (Å²) in [6, 6.07) is 10.3. The molecule has 0 radical (unpaired) electrons. The van der Waals surface area contributed by atoms with Crippen molar-refractivity contribution in [2.75, 3.05) is 0 Å². The molecular formula is C14H10N4. The highest BCUT2D eigenvalue weighted by atomic mass is 14.9. The first kappa shape index (κ1) is 9.41. The summed E-state index contributed by atoms with van der Waals surface area (Å²) in [7, 11) is 0. The van der Waals surface area contributed by atoms with Gasteiger partial charge in [0.1, 0.15) is 5.52 Å².